The zero-order valence-corrected chi connectivity index (χ0v) is 12.0. The van der Waals surface area contributed by atoms with Gasteiger partial charge in [-0.15, -0.1) is 0 Å². The van der Waals surface area contributed by atoms with Crippen LogP contribution in [0, 0.1) is 5.82 Å². The van der Waals surface area contributed by atoms with Crippen LogP contribution in [0.2, 0.25) is 5.02 Å². The molecule has 2 nitrogen and oxygen atoms in total. The van der Waals surface area contributed by atoms with Crippen molar-refractivity contribution in [3.8, 4) is 22.6 Å². The van der Waals surface area contributed by atoms with Gasteiger partial charge < -0.3 is 9.47 Å². The van der Waals surface area contributed by atoms with Crippen LogP contribution in [0.25, 0.3) is 11.1 Å². The quantitative estimate of drug-likeness (QED) is 0.812. The van der Waals surface area contributed by atoms with Crippen molar-refractivity contribution in [2.75, 3.05) is 7.11 Å². The lowest BCUT2D eigenvalue weighted by molar-refractivity contribution is 0.255. The van der Waals surface area contributed by atoms with Gasteiger partial charge in [-0.3, -0.25) is 0 Å². The first-order valence-electron chi connectivity index (χ1n) is 6.41. The number of methoxy groups -OCH3 is 1. The summed E-state index contributed by atoms with van der Waals surface area (Å²) >= 11 is 5.87. The molecule has 0 bridgehead atoms. The lowest BCUT2D eigenvalue weighted by Crippen LogP contribution is -2.05. The van der Waals surface area contributed by atoms with Crippen molar-refractivity contribution in [1.29, 1.82) is 0 Å². The summed E-state index contributed by atoms with van der Waals surface area (Å²) in [4.78, 5) is 0. The molecule has 1 aliphatic heterocycles. The zero-order chi connectivity index (χ0) is 14.3. The minimum absolute atomic E-state index is 0.102. The number of rotatable bonds is 2. The third-order valence-corrected chi connectivity index (χ3v) is 3.72. The van der Waals surface area contributed by atoms with Crippen LogP contribution in [0.1, 0.15) is 12.5 Å². The van der Waals surface area contributed by atoms with Crippen LogP contribution in [0.15, 0.2) is 30.3 Å². The second-order valence-electron chi connectivity index (χ2n) is 4.92. The van der Waals surface area contributed by atoms with Gasteiger partial charge in [0, 0.05) is 17.5 Å². The van der Waals surface area contributed by atoms with Gasteiger partial charge in [-0.1, -0.05) is 17.7 Å². The Morgan fingerprint density at radius 1 is 1.30 bits per heavy atom. The van der Waals surface area contributed by atoms with E-state index in [0.29, 0.717) is 0 Å². The first kappa shape index (κ1) is 13.3. The van der Waals surface area contributed by atoms with E-state index in [4.69, 9.17) is 21.1 Å². The maximum absolute atomic E-state index is 13.3. The summed E-state index contributed by atoms with van der Waals surface area (Å²) < 4.78 is 24.5. The standard InChI is InChI=1S/C16H14ClFO2/c1-9-5-11-6-12(19-2)8-13(16(11)20-9)10-3-4-15(18)14(17)7-10/h3-4,6-9H,5H2,1-2H3. The fourth-order valence-electron chi connectivity index (χ4n) is 2.50. The van der Waals surface area contributed by atoms with Crippen molar-refractivity contribution in [2.45, 2.75) is 19.4 Å². The number of ether oxygens (including phenoxy) is 2. The van der Waals surface area contributed by atoms with Crippen LogP contribution in [-0.4, -0.2) is 13.2 Å². The van der Waals surface area contributed by atoms with Crippen LogP contribution in [-0.2, 0) is 6.42 Å². The van der Waals surface area contributed by atoms with E-state index in [0.717, 1.165) is 34.6 Å². The van der Waals surface area contributed by atoms with Gasteiger partial charge in [0.25, 0.3) is 0 Å². The summed E-state index contributed by atoms with van der Waals surface area (Å²) in [5, 5.41) is 0.102. The van der Waals surface area contributed by atoms with Crippen LogP contribution >= 0.6 is 11.6 Å². The molecule has 4 heteroatoms. The first-order chi connectivity index (χ1) is 9.58. The average Bonchev–Trinajstić information content (AvgIpc) is 2.80. The van der Waals surface area contributed by atoms with Crippen LogP contribution in [0.3, 0.4) is 0 Å². The molecule has 0 amide bonds. The summed E-state index contributed by atoms with van der Waals surface area (Å²) in [5.74, 6) is 1.17. The molecule has 2 aromatic rings. The van der Waals surface area contributed by atoms with E-state index in [9.17, 15) is 4.39 Å². The van der Waals surface area contributed by atoms with Crippen molar-refractivity contribution in [3.63, 3.8) is 0 Å². The Hall–Kier alpha value is -1.74. The Morgan fingerprint density at radius 3 is 2.80 bits per heavy atom. The van der Waals surface area contributed by atoms with Gasteiger partial charge in [0.15, 0.2) is 0 Å². The van der Waals surface area contributed by atoms with Crippen molar-refractivity contribution in [3.05, 3.63) is 46.7 Å². The van der Waals surface area contributed by atoms with Crippen LogP contribution < -0.4 is 9.47 Å². The van der Waals surface area contributed by atoms with Crippen LogP contribution in [0.5, 0.6) is 11.5 Å². The summed E-state index contributed by atoms with van der Waals surface area (Å²) in [5.41, 5.74) is 2.80. The Bertz CT molecular complexity index is 670. The topological polar surface area (TPSA) is 18.5 Å². The molecule has 1 aliphatic rings. The van der Waals surface area contributed by atoms with E-state index in [1.54, 1.807) is 19.2 Å². The van der Waals surface area contributed by atoms with Gasteiger partial charge >= 0.3 is 0 Å². The third-order valence-electron chi connectivity index (χ3n) is 3.43. The molecule has 0 N–H and O–H groups in total. The highest BCUT2D eigenvalue weighted by Crippen LogP contribution is 2.42. The van der Waals surface area contributed by atoms with E-state index in [1.807, 2.05) is 19.1 Å². The van der Waals surface area contributed by atoms with Crippen molar-refractivity contribution >= 4 is 11.6 Å². The minimum atomic E-state index is -0.427. The Balaban J connectivity index is 2.17. The highest BCUT2D eigenvalue weighted by molar-refractivity contribution is 6.31. The summed E-state index contributed by atoms with van der Waals surface area (Å²) in [6, 6.07) is 8.54. The fraction of sp³-hybridized carbons (Fsp3) is 0.250. The zero-order valence-electron chi connectivity index (χ0n) is 11.2. The van der Waals surface area contributed by atoms with Gasteiger partial charge in [0.2, 0.25) is 0 Å². The molecule has 1 unspecified atom stereocenters. The molecule has 104 valence electrons. The highest BCUT2D eigenvalue weighted by Gasteiger charge is 2.24. The summed E-state index contributed by atoms with van der Waals surface area (Å²) in [6.45, 7) is 2.02. The minimum Gasteiger partial charge on any atom is -0.497 e. The first-order valence-corrected chi connectivity index (χ1v) is 6.79. The smallest absolute Gasteiger partial charge is 0.141 e. The molecule has 3 rings (SSSR count). The molecule has 20 heavy (non-hydrogen) atoms. The van der Waals surface area contributed by atoms with Crippen molar-refractivity contribution in [1.82, 2.24) is 0 Å². The van der Waals surface area contributed by atoms with Gasteiger partial charge in [-0.05, 0) is 36.8 Å². The Morgan fingerprint density at radius 2 is 2.10 bits per heavy atom. The summed E-state index contributed by atoms with van der Waals surface area (Å²) in [6.07, 6.45) is 0.973. The molecule has 0 saturated heterocycles. The van der Waals surface area contributed by atoms with Gasteiger partial charge in [-0.25, -0.2) is 4.39 Å². The number of fused-ring (bicyclic) bond motifs is 1. The Kier molecular flexibility index (Phi) is 3.30. The molecule has 2 aromatic carbocycles. The van der Waals surface area contributed by atoms with Crippen molar-refractivity contribution < 1.29 is 13.9 Å². The fourth-order valence-corrected chi connectivity index (χ4v) is 2.68. The van der Waals surface area contributed by atoms with Crippen molar-refractivity contribution in [2.24, 2.45) is 0 Å². The molecule has 0 aliphatic carbocycles. The maximum Gasteiger partial charge on any atom is 0.141 e. The van der Waals surface area contributed by atoms with Gasteiger partial charge in [0.1, 0.15) is 23.4 Å². The lowest BCUT2D eigenvalue weighted by atomic mass is 10.00. The second kappa shape index (κ2) is 4.98. The van der Waals surface area contributed by atoms with Gasteiger partial charge in [-0.2, -0.15) is 0 Å². The molecule has 0 aromatic heterocycles. The predicted molar refractivity (Wildman–Crippen MR) is 77.2 cm³/mol. The maximum atomic E-state index is 13.3. The SMILES string of the molecule is COc1cc2c(c(-c3ccc(F)c(Cl)c3)c1)OC(C)C2. The normalized spacial score (nSPS) is 16.7. The molecule has 0 radical (unpaired) electrons. The number of halogens is 2. The highest BCUT2D eigenvalue weighted by atomic mass is 35.5. The number of hydrogen-bond acceptors (Lipinski definition) is 2. The molecule has 0 spiro atoms. The second-order valence-corrected chi connectivity index (χ2v) is 5.33. The van der Waals surface area contributed by atoms with E-state index in [1.165, 1.54) is 6.07 Å². The predicted octanol–water partition coefficient (Wildman–Crippen LogP) is 4.48. The molecule has 0 fully saturated rings. The monoisotopic (exact) mass is 292 g/mol. The van der Waals surface area contributed by atoms with E-state index in [2.05, 4.69) is 0 Å². The molecular weight excluding hydrogens is 279 g/mol. The number of benzene rings is 2. The number of hydrogen-bond donors (Lipinski definition) is 0. The summed E-state index contributed by atoms with van der Waals surface area (Å²) in [7, 11) is 1.63. The lowest BCUT2D eigenvalue weighted by Gasteiger charge is -2.12. The van der Waals surface area contributed by atoms with E-state index in [-0.39, 0.29) is 11.1 Å². The van der Waals surface area contributed by atoms with Gasteiger partial charge in [0.05, 0.1) is 12.1 Å². The van der Waals surface area contributed by atoms with Crippen LogP contribution in [0.4, 0.5) is 4.39 Å². The third kappa shape index (κ3) is 2.22. The molecular formula is C16H14ClFO2. The molecule has 1 heterocycles. The molecule has 1 atom stereocenters. The molecule has 0 saturated carbocycles. The van der Waals surface area contributed by atoms with E-state index >= 15 is 0 Å². The average molecular weight is 293 g/mol. The van der Waals surface area contributed by atoms with E-state index < -0.39 is 5.82 Å². The largest absolute Gasteiger partial charge is 0.497 e. The Labute approximate surface area is 122 Å².